The molecule has 6 nitrogen and oxygen atoms in total. The van der Waals surface area contributed by atoms with Crippen molar-refractivity contribution >= 4 is 11.8 Å². The molecule has 0 spiro atoms. The molecule has 0 unspecified atom stereocenters. The summed E-state index contributed by atoms with van der Waals surface area (Å²) in [6.45, 7) is 25.9. The quantitative estimate of drug-likeness (QED) is 0.138. The van der Waals surface area contributed by atoms with Crippen LogP contribution >= 0.6 is 0 Å². The Morgan fingerprint density at radius 1 is 0.429 bits per heavy atom. The van der Waals surface area contributed by atoms with Crippen LogP contribution in [0, 0.1) is 0 Å². The summed E-state index contributed by atoms with van der Waals surface area (Å²) in [4.78, 5) is 29.5. The van der Waals surface area contributed by atoms with Gasteiger partial charge < -0.3 is 0 Å². The molecule has 4 aromatic rings. The highest BCUT2D eigenvalue weighted by molar-refractivity contribution is 5.88. The number of hydrogen-bond acceptors (Lipinski definition) is 4. The summed E-state index contributed by atoms with van der Waals surface area (Å²) in [6, 6.07) is 30.7. The van der Waals surface area contributed by atoms with E-state index in [1.165, 1.54) is 0 Å². The van der Waals surface area contributed by atoms with E-state index in [4.69, 9.17) is 0 Å². The fourth-order valence-electron chi connectivity index (χ4n) is 7.91. The monoisotopic (exact) mass is 759 g/mol. The van der Waals surface area contributed by atoms with Gasteiger partial charge in [-0.15, -0.1) is 0 Å². The lowest BCUT2D eigenvalue weighted by molar-refractivity contribution is -0.213. The zero-order valence-corrected chi connectivity index (χ0v) is 36.0. The van der Waals surface area contributed by atoms with Gasteiger partial charge in [0.15, 0.2) is 0 Å². The zero-order valence-electron chi connectivity index (χ0n) is 36.0. The summed E-state index contributed by atoms with van der Waals surface area (Å²) in [5, 5.41) is 25.7. The van der Waals surface area contributed by atoms with E-state index >= 15 is 0 Å². The van der Waals surface area contributed by atoms with Crippen molar-refractivity contribution in [3.05, 3.63) is 142 Å². The SMILES string of the molecule is CC(C)(C)c1ccc(C(C(=O)N(O)[C@@H]2CCCC[C@H]2N(O)C(=O)C(c2ccc(C(C)(C)C)cc2)c2ccc(C(C)(C)C)cc2)c2ccc(C(C)(C)C)cc2)cc1. The van der Waals surface area contributed by atoms with Crippen LogP contribution in [0.2, 0.25) is 0 Å². The first-order chi connectivity index (χ1) is 26.0. The van der Waals surface area contributed by atoms with Crippen LogP contribution in [0.5, 0.6) is 0 Å². The maximum Gasteiger partial charge on any atom is 0.258 e. The van der Waals surface area contributed by atoms with Gasteiger partial charge in [0, 0.05) is 0 Å². The van der Waals surface area contributed by atoms with E-state index in [2.05, 4.69) is 132 Å². The predicted octanol–water partition coefficient (Wildman–Crippen LogP) is 11.6. The minimum absolute atomic E-state index is 0.0665. The lowest BCUT2D eigenvalue weighted by Crippen LogP contribution is -2.56. The van der Waals surface area contributed by atoms with Crippen LogP contribution in [-0.2, 0) is 31.2 Å². The topological polar surface area (TPSA) is 81.1 Å². The number of carbonyl (C=O) groups is 2. The molecule has 56 heavy (non-hydrogen) atoms. The molecule has 300 valence electrons. The molecule has 1 saturated carbocycles. The van der Waals surface area contributed by atoms with Crippen LogP contribution in [0.25, 0.3) is 0 Å². The molecule has 0 bridgehead atoms. The van der Waals surface area contributed by atoms with Crippen molar-refractivity contribution in [3.8, 4) is 0 Å². The summed E-state index contributed by atoms with van der Waals surface area (Å²) in [6.07, 6.45) is 2.40. The molecule has 0 aromatic heterocycles. The average molecular weight is 759 g/mol. The Hall–Kier alpha value is -4.26. The van der Waals surface area contributed by atoms with Gasteiger partial charge in [-0.05, 0) is 79.0 Å². The largest absolute Gasteiger partial charge is 0.286 e. The molecule has 0 radical (unpaired) electrons. The van der Waals surface area contributed by atoms with Crippen LogP contribution in [0.1, 0.15) is 165 Å². The Balaban J connectivity index is 1.51. The molecule has 1 fully saturated rings. The van der Waals surface area contributed by atoms with Crippen molar-refractivity contribution in [2.24, 2.45) is 0 Å². The third kappa shape index (κ3) is 9.64. The van der Waals surface area contributed by atoms with Crippen molar-refractivity contribution in [3.63, 3.8) is 0 Å². The van der Waals surface area contributed by atoms with Gasteiger partial charge in [0.05, 0.1) is 23.9 Å². The lowest BCUT2D eigenvalue weighted by Gasteiger charge is -2.41. The van der Waals surface area contributed by atoms with Gasteiger partial charge in [-0.25, -0.2) is 10.1 Å². The van der Waals surface area contributed by atoms with E-state index in [0.29, 0.717) is 12.8 Å². The van der Waals surface area contributed by atoms with Gasteiger partial charge in [0.2, 0.25) is 0 Å². The molecule has 0 heterocycles. The van der Waals surface area contributed by atoms with E-state index in [1.54, 1.807) is 0 Å². The lowest BCUT2D eigenvalue weighted by atomic mass is 9.81. The highest BCUT2D eigenvalue weighted by Crippen LogP contribution is 2.37. The van der Waals surface area contributed by atoms with Gasteiger partial charge in [-0.2, -0.15) is 0 Å². The summed E-state index contributed by atoms with van der Waals surface area (Å²) in [7, 11) is 0. The molecule has 2 atom stereocenters. The van der Waals surface area contributed by atoms with Gasteiger partial charge in [-0.1, -0.05) is 193 Å². The highest BCUT2D eigenvalue weighted by atomic mass is 16.5. The minimum atomic E-state index is -0.803. The smallest absolute Gasteiger partial charge is 0.258 e. The molecule has 2 amide bonds. The molecule has 6 heteroatoms. The Bertz CT molecular complexity index is 1680. The first-order valence-electron chi connectivity index (χ1n) is 20.4. The van der Waals surface area contributed by atoms with Gasteiger partial charge in [0.1, 0.15) is 0 Å². The summed E-state index contributed by atoms with van der Waals surface area (Å²) >= 11 is 0. The first kappa shape index (κ1) is 42.9. The molecular weight excluding hydrogens is 693 g/mol. The Morgan fingerprint density at radius 2 is 0.625 bits per heavy atom. The van der Waals surface area contributed by atoms with Crippen molar-refractivity contribution in [1.82, 2.24) is 10.1 Å². The van der Waals surface area contributed by atoms with E-state index in [0.717, 1.165) is 67.5 Å². The van der Waals surface area contributed by atoms with E-state index < -0.39 is 35.7 Å². The molecule has 2 N–H and O–H groups in total. The Labute approximate surface area is 336 Å². The van der Waals surface area contributed by atoms with Crippen molar-refractivity contribution in [2.45, 2.75) is 154 Å². The van der Waals surface area contributed by atoms with Crippen LogP contribution in [0.15, 0.2) is 97.1 Å². The fraction of sp³-hybridized carbons (Fsp3) is 0.480. The van der Waals surface area contributed by atoms with Crippen LogP contribution in [0.3, 0.4) is 0 Å². The molecule has 1 aliphatic rings. The molecule has 0 aliphatic heterocycles. The van der Waals surface area contributed by atoms with Gasteiger partial charge in [0.25, 0.3) is 11.8 Å². The van der Waals surface area contributed by atoms with Crippen LogP contribution < -0.4 is 0 Å². The molecular formula is C50H66N2O4. The number of carbonyl (C=O) groups excluding carboxylic acids is 2. The number of rotatable bonds is 8. The Morgan fingerprint density at radius 3 is 0.804 bits per heavy atom. The van der Waals surface area contributed by atoms with E-state index in [9.17, 15) is 20.0 Å². The zero-order chi connectivity index (χ0) is 41.4. The molecule has 1 aliphatic carbocycles. The molecule has 0 saturated heterocycles. The molecule has 4 aromatic carbocycles. The third-order valence-corrected chi connectivity index (χ3v) is 11.7. The second-order valence-electron chi connectivity index (χ2n) is 20.1. The van der Waals surface area contributed by atoms with Crippen molar-refractivity contribution < 1.29 is 20.0 Å². The standard InChI is InChI=1S/C50H66N2O4/c1-47(2,3)37-25-17-33(18-26-37)43(34-19-27-38(28-20-34)48(4,5)6)45(53)51(55)41-15-13-14-16-42(41)52(56)46(54)44(35-21-29-39(30-22-35)49(7,8)9)36-23-31-40(32-24-36)50(10,11)12/h17-32,41-44,55-56H,13-16H2,1-12H3/t41-,42-/m1/s1. The normalized spacial score (nSPS) is 16.9. The van der Waals surface area contributed by atoms with Crippen molar-refractivity contribution in [2.75, 3.05) is 0 Å². The third-order valence-electron chi connectivity index (χ3n) is 11.7. The predicted molar refractivity (Wildman–Crippen MR) is 228 cm³/mol. The van der Waals surface area contributed by atoms with Gasteiger partial charge in [-0.3, -0.25) is 20.0 Å². The maximum atomic E-state index is 14.7. The van der Waals surface area contributed by atoms with E-state index in [-0.39, 0.29) is 21.7 Å². The fourth-order valence-corrected chi connectivity index (χ4v) is 7.91. The minimum Gasteiger partial charge on any atom is -0.286 e. The average Bonchev–Trinajstić information content (AvgIpc) is 3.14. The van der Waals surface area contributed by atoms with E-state index in [1.807, 2.05) is 48.5 Å². The number of hydrogen-bond donors (Lipinski definition) is 2. The molecule has 5 rings (SSSR count). The van der Waals surface area contributed by atoms with Crippen molar-refractivity contribution in [1.29, 1.82) is 0 Å². The highest BCUT2D eigenvalue weighted by Gasteiger charge is 2.42. The number of hydroxylamine groups is 4. The number of nitrogens with zero attached hydrogens (tertiary/aromatic N) is 2. The summed E-state index contributed by atoms with van der Waals surface area (Å²) in [5.74, 6) is -2.54. The Kier molecular flexibility index (Phi) is 12.5. The summed E-state index contributed by atoms with van der Waals surface area (Å²) in [5.41, 5.74) is 7.40. The number of amides is 2. The second kappa shape index (κ2) is 16.3. The summed E-state index contributed by atoms with van der Waals surface area (Å²) < 4.78 is 0. The number of benzene rings is 4. The maximum absolute atomic E-state index is 14.7. The van der Waals surface area contributed by atoms with Gasteiger partial charge >= 0.3 is 0 Å². The first-order valence-corrected chi connectivity index (χ1v) is 20.4. The van der Waals surface area contributed by atoms with Crippen LogP contribution in [0.4, 0.5) is 0 Å². The van der Waals surface area contributed by atoms with Crippen LogP contribution in [-0.4, -0.2) is 44.4 Å². The second-order valence-corrected chi connectivity index (χ2v) is 20.1.